The van der Waals surface area contributed by atoms with Crippen LogP contribution < -0.4 is 10.2 Å². The zero-order valence-corrected chi connectivity index (χ0v) is 18.7. The van der Waals surface area contributed by atoms with E-state index in [1.54, 1.807) is 6.33 Å². The molecule has 0 amide bonds. The molecule has 5 heterocycles. The van der Waals surface area contributed by atoms with Crippen LogP contribution in [0.4, 0.5) is 5.82 Å². The van der Waals surface area contributed by atoms with Gasteiger partial charge in [-0.1, -0.05) is 18.2 Å². The Morgan fingerprint density at radius 3 is 3.15 bits per heavy atom. The van der Waals surface area contributed by atoms with Crippen molar-refractivity contribution in [3.8, 4) is 0 Å². The van der Waals surface area contributed by atoms with Crippen LogP contribution in [-0.4, -0.2) is 57.9 Å². The number of carbonyl (C=O) groups is 1. The van der Waals surface area contributed by atoms with Gasteiger partial charge in [0.1, 0.15) is 23.7 Å². The summed E-state index contributed by atoms with van der Waals surface area (Å²) in [7, 11) is 0. The lowest BCUT2D eigenvalue weighted by Gasteiger charge is -2.29. The van der Waals surface area contributed by atoms with Crippen molar-refractivity contribution in [2.24, 2.45) is 0 Å². The molecule has 1 fully saturated rings. The van der Waals surface area contributed by atoms with E-state index in [0.717, 1.165) is 86.5 Å². The highest BCUT2D eigenvalue weighted by Crippen LogP contribution is 2.34. The Bertz CT molecular complexity index is 1180. The Kier molecular flexibility index (Phi) is 5.47. The van der Waals surface area contributed by atoms with E-state index in [0.29, 0.717) is 0 Å². The summed E-state index contributed by atoms with van der Waals surface area (Å²) >= 11 is 0. The predicted molar refractivity (Wildman–Crippen MR) is 124 cm³/mol. The fourth-order valence-electron chi connectivity index (χ4n) is 5.27. The summed E-state index contributed by atoms with van der Waals surface area (Å²) in [6, 6.07) is 9.89. The zero-order chi connectivity index (χ0) is 22.2. The first kappa shape index (κ1) is 20.6. The average molecular weight is 448 g/mol. The molecular formula is C25H29N5O3. The summed E-state index contributed by atoms with van der Waals surface area (Å²) in [5.74, 6) is 0.821. The number of hydrogen-bond donors (Lipinski definition) is 1. The van der Waals surface area contributed by atoms with Crippen LogP contribution in [0.15, 0.2) is 36.7 Å². The number of anilines is 1. The molecule has 0 saturated carbocycles. The number of benzene rings is 1. The Hall–Kier alpha value is -2.97. The molecule has 33 heavy (non-hydrogen) atoms. The van der Waals surface area contributed by atoms with E-state index in [1.807, 2.05) is 18.2 Å². The average Bonchev–Trinajstić information content (AvgIpc) is 3.47. The lowest BCUT2D eigenvalue weighted by molar-refractivity contribution is -0.151. The first-order valence-corrected chi connectivity index (χ1v) is 12.0. The Morgan fingerprint density at radius 1 is 1.21 bits per heavy atom. The van der Waals surface area contributed by atoms with Crippen LogP contribution >= 0.6 is 0 Å². The predicted octanol–water partition coefficient (Wildman–Crippen LogP) is 2.91. The highest BCUT2D eigenvalue weighted by atomic mass is 16.7. The molecule has 172 valence electrons. The molecule has 8 nitrogen and oxygen atoms in total. The largest absolute Gasteiger partial charge is 0.377 e. The first-order valence-electron chi connectivity index (χ1n) is 12.0. The molecule has 3 aromatic rings. The second kappa shape index (κ2) is 8.76. The molecule has 0 bridgehead atoms. The van der Waals surface area contributed by atoms with Gasteiger partial charge in [0.15, 0.2) is 0 Å². The molecule has 1 unspecified atom stereocenters. The van der Waals surface area contributed by atoms with Crippen molar-refractivity contribution in [1.82, 2.24) is 19.6 Å². The lowest BCUT2D eigenvalue weighted by Crippen LogP contribution is -2.40. The maximum Gasteiger partial charge on any atom is 0.354 e. The van der Waals surface area contributed by atoms with Crippen molar-refractivity contribution >= 4 is 22.8 Å². The van der Waals surface area contributed by atoms with Crippen LogP contribution in [0.1, 0.15) is 48.5 Å². The fourth-order valence-corrected chi connectivity index (χ4v) is 5.27. The Labute approximate surface area is 192 Å². The number of carbonyl (C=O) groups excluding carboxylic acids is 1. The minimum absolute atomic E-state index is 0.148. The van der Waals surface area contributed by atoms with Crippen molar-refractivity contribution in [2.45, 2.75) is 50.7 Å². The molecule has 8 heteroatoms. The second-order valence-corrected chi connectivity index (χ2v) is 9.17. The number of fused-ring (bicyclic) bond motifs is 1. The number of likely N-dealkylation sites (tertiary alicyclic amines) is 1. The van der Waals surface area contributed by atoms with Gasteiger partial charge in [-0.15, -0.1) is 0 Å². The van der Waals surface area contributed by atoms with Gasteiger partial charge >= 0.3 is 5.97 Å². The van der Waals surface area contributed by atoms with E-state index < -0.39 is 6.04 Å². The van der Waals surface area contributed by atoms with Crippen molar-refractivity contribution in [2.75, 3.05) is 31.6 Å². The van der Waals surface area contributed by atoms with Gasteiger partial charge in [-0.2, -0.15) is 4.73 Å². The number of hydrogen-bond acceptors (Lipinski definition) is 7. The third-order valence-corrected chi connectivity index (χ3v) is 6.95. The normalized spacial score (nSPS) is 22.2. The molecule has 2 aromatic heterocycles. The van der Waals surface area contributed by atoms with Gasteiger partial charge in [-0.3, -0.25) is 4.90 Å². The monoisotopic (exact) mass is 447 g/mol. The third-order valence-electron chi connectivity index (χ3n) is 6.95. The molecule has 1 N–H and O–H groups in total. The number of nitrogens with one attached hydrogen (secondary N) is 1. The molecule has 1 saturated heterocycles. The van der Waals surface area contributed by atoms with Gasteiger partial charge in [0.25, 0.3) is 0 Å². The van der Waals surface area contributed by atoms with E-state index >= 15 is 0 Å². The van der Waals surface area contributed by atoms with Gasteiger partial charge in [0.05, 0.1) is 11.6 Å². The maximum absolute atomic E-state index is 12.7. The lowest BCUT2D eigenvalue weighted by atomic mass is 10.0. The fraction of sp³-hybridized carbons (Fsp3) is 0.480. The number of imidazole rings is 1. The molecule has 3 aliphatic heterocycles. The minimum atomic E-state index is -0.393. The standard InChI is InChI=1S/C25H29N5O3/c31-25-23(20-7-3-8-21-22(20)30(33-25)16-27-21)29-13-11-19(15-29)32-14-2-1-6-18-10-9-17-5-4-12-26-24(17)28-18/h3,7-10,16,19,23H,1-2,4-6,11-15H2,(H,26,28)/t19-,23?/m1/s1. The molecule has 0 spiro atoms. The van der Waals surface area contributed by atoms with E-state index in [1.165, 1.54) is 16.7 Å². The van der Waals surface area contributed by atoms with Crippen LogP contribution in [-0.2, 0) is 22.4 Å². The molecular weight excluding hydrogens is 418 g/mol. The molecule has 2 atom stereocenters. The molecule has 6 rings (SSSR count). The number of rotatable bonds is 7. The summed E-state index contributed by atoms with van der Waals surface area (Å²) in [5.41, 5.74) is 5.19. The summed E-state index contributed by atoms with van der Waals surface area (Å²) in [5, 5.41) is 3.41. The van der Waals surface area contributed by atoms with Crippen molar-refractivity contribution < 1.29 is 14.4 Å². The number of para-hydroxylation sites is 1. The SMILES string of the molecule is O=C1On2cnc3cccc(c32)C1N1CC[C@@H](OCCCCc2ccc3c(n2)NCCC3)C1. The van der Waals surface area contributed by atoms with E-state index in [-0.39, 0.29) is 12.1 Å². The van der Waals surface area contributed by atoms with E-state index in [4.69, 9.17) is 14.6 Å². The van der Waals surface area contributed by atoms with Crippen LogP contribution in [0.25, 0.3) is 11.0 Å². The smallest absolute Gasteiger partial charge is 0.354 e. The van der Waals surface area contributed by atoms with Crippen LogP contribution in [0.5, 0.6) is 0 Å². The number of aromatic nitrogens is 3. The molecule has 0 aliphatic carbocycles. The summed E-state index contributed by atoms with van der Waals surface area (Å²) in [6.45, 7) is 3.32. The molecule has 3 aliphatic rings. The van der Waals surface area contributed by atoms with Gasteiger partial charge in [0, 0.05) is 37.5 Å². The quantitative estimate of drug-likeness (QED) is 0.558. The zero-order valence-electron chi connectivity index (χ0n) is 18.7. The van der Waals surface area contributed by atoms with Crippen LogP contribution in [0.3, 0.4) is 0 Å². The van der Waals surface area contributed by atoms with Gasteiger partial charge < -0.3 is 14.9 Å². The maximum atomic E-state index is 12.7. The highest BCUT2D eigenvalue weighted by Gasteiger charge is 2.39. The van der Waals surface area contributed by atoms with Gasteiger partial charge in [0.2, 0.25) is 0 Å². The number of ether oxygens (including phenoxy) is 1. The summed E-state index contributed by atoms with van der Waals surface area (Å²) in [6.07, 6.45) is 7.99. The topological polar surface area (TPSA) is 81.5 Å². The van der Waals surface area contributed by atoms with E-state index in [9.17, 15) is 4.79 Å². The molecule has 0 radical (unpaired) electrons. The van der Waals surface area contributed by atoms with Crippen LogP contribution in [0, 0.1) is 0 Å². The molecule has 1 aromatic carbocycles. The van der Waals surface area contributed by atoms with Gasteiger partial charge in [-0.05, 0) is 56.2 Å². The number of aryl methyl sites for hydroxylation is 2. The van der Waals surface area contributed by atoms with Crippen molar-refractivity contribution in [3.05, 3.63) is 53.5 Å². The highest BCUT2D eigenvalue weighted by molar-refractivity contribution is 5.90. The Balaban J connectivity index is 0.999. The first-order chi connectivity index (χ1) is 16.3. The van der Waals surface area contributed by atoms with Crippen molar-refractivity contribution in [3.63, 3.8) is 0 Å². The summed E-state index contributed by atoms with van der Waals surface area (Å²) < 4.78 is 7.66. The summed E-state index contributed by atoms with van der Waals surface area (Å²) in [4.78, 5) is 29.6. The minimum Gasteiger partial charge on any atom is -0.377 e. The number of unbranched alkanes of at least 4 members (excludes halogenated alkanes) is 1. The number of nitrogens with zero attached hydrogens (tertiary/aromatic N) is 4. The second-order valence-electron chi connectivity index (χ2n) is 9.17. The number of pyridine rings is 1. The van der Waals surface area contributed by atoms with E-state index in [2.05, 4.69) is 27.3 Å². The third kappa shape index (κ3) is 3.98. The Morgan fingerprint density at radius 2 is 2.18 bits per heavy atom. The van der Waals surface area contributed by atoms with Crippen molar-refractivity contribution in [1.29, 1.82) is 0 Å². The van der Waals surface area contributed by atoms with Gasteiger partial charge in [-0.25, -0.2) is 14.8 Å². The van der Waals surface area contributed by atoms with Crippen LogP contribution in [0.2, 0.25) is 0 Å².